The number of hydrogen-bond donors (Lipinski definition) is 0. The summed E-state index contributed by atoms with van der Waals surface area (Å²) in [6.45, 7) is 3.17. The quantitative estimate of drug-likeness (QED) is 0.563. The standard InChI is InChI=1S/C23H34O2/c1-3-4-18-5-7-19(8-6-18)9-10-20-11-16-23(25-17-20)21-12-14-22(24-2)15-13-21/h9-10,12-15,18-20,23H,3-8,11,16-17H2,1-2H3. The zero-order valence-electron chi connectivity index (χ0n) is 16.0. The van der Waals surface area contributed by atoms with Crippen LogP contribution in [0, 0.1) is 17.8 Å². The van der Waals surface area contributed by atoms with Gasteiger partial charge in [0, 0.05) is 5.92 Å². The molecule has 2 fully saturated rings. The van der Waals surface area contributed by atoms with Crippen LogP contribution in [-0.4, -0.2) is 13.7 Å². The summed E-state index contributed by atoms with van der Waals surface area (Å²) in [4.78, 5) is 0. The highest BCUT2D eigenvalue weighted by Gasteiger charge is 2.23. The van der Waals surface area contributed by atoms with Gasteiger partial charge in [0.1, 0.15) is 5.75 Å². The van der Waals surface area contributed by atoms with E-state index in [9.17, 15) is 0 Å². The van der Waals surface area contributed by atoms with E-state index in [1.807, 2.05) is 12.1 Å². The summed E-state index contributed by atoms with van der Waals surface area (Å²) in [7, 11) is 1.71. The Morgan fingerprint density at radius 2 is 1.64 bits per heavy atom. The largest absolute Gasteiger partial charge is 0.497 e. The molecule has 1 aromatic carbocycles. The summed E-state index contributed by atoms with van der Waals surface area (Å²) >= 11 is 0. The maximum atomic E-state index is 6.15. The van der Waals surface area contributed by atoms with Crippen LogP contribution in [0.25, 0.3) is 0 Å². The van der Waals surface area contributed by atoms with Crippen molar-refractivity contribution in [2.24, 2.45) is 17.8 Å². The summed E-state index contributed by atoms with van der Waals surface area (Å²) in [6, 6.07) is 8.32. The van der Waals surface area contributed by atoms with Gasteiger partial charge in [0.05, 0.1) is 19.8 Å². The average molecular weight is 343 g/mol. The number of ether oxygens (including phenoxy) is 2. The molecule has 0 spiro atoms. The lowest BCUT2D eigenvalue weighted by Gasteiger charge is -2.29. The molecule has 2 atom stereocenters. The van der Waals surface area contributed by atoms with E-state index >= 15 is 0 Å². The molecule has 0 amide bonds. The third-order valence-electron chi connectivity index (χ3n) is 6.04. The highest BCUT2D eigenvalue weighted by Crippen LogP contribution is 2.34. The Hall–Kier alpha value is -1.28. The van der Waals surface area contributed by atoms with E-state index in [2.05, 4.69) is 31.2 Å². The molecule has 1 aliphatic heterocycles. The van der Waals surface area contributed by atoms with Crippen LogP contribution in [0.4, 0.5) is 0 Å². The van der Waals surface area contributed by atoms with Gasteiger partial charge >= 0.3 is 0 Å². The highest BCUT2D eigenvalue weighted by molar-refractivity contribution is 5.28. The number of benzene rings is 1. The molecule has 1 saturated heterocycles. The first-order chi connectivity index (χ1) is 12.3. The zero-order valence-corrected chi connectivity index (χ0v) is 16.0. The molecule has 0 radical (unpaired) electrons. The van der Waals surface area contributed by atoms with Gasteiger partial charge in [-0.3, -0.25) is 0 Å². The Kier molecular flexibility index (Phi) is 6.98. The number of rotatable bonds is 6. The van der Waals surface area contributed by atoms with E-state index in [4.69, 9.17) is 9.47 Å². The van der Waals surface area contributed by atoms with Gasteiger partial charge in [-0.25, -0.2) is 0 Å². The van der Waals surface area contributed by atoms with Crippen molar-refractivity contribution < 1.29 is 9.47 Å². The molecule has 0 bridgehead atoms. The minimum atomic E-state index is 0.250. The molecule has 0 aromatic heterocycles. The summed E-state index contributed by atoms with van der Waals surface area (Å²) in [5, 5.41) is 0. The molecule has 2 unspecified atom stereocenters. The maximum absolute atomic E-state index is 6.15. The van der Waals surface area contributed by atoms with Crippen molar-refractivity contribution in [1.29, 1.82) is 0 Å². The summed E-state index contributed by atoms with van der Waals surface area (Å²) in [6.07, 6.45) is 16.0. The van der Waals surface area contributed by atoms with Gasteiger partial charge in [-0.05, 0) is 68.1 Å². The minimum absolute atomic E-state index is 0.250. The molecule has 1 aromatic rings. The van der Waals surface area contributed by atoms with Gasteiger partial charge < -0.3 is 9.47 Å². The first kappa shape index (κ1) is 18.5. The molecule has 2 heteroatoms. The Labute approximate surface area is 153 Å². The second-order valence-corrected chi connectivity index (χ2v) is 7.89. The fraction of sp³-hybridized carbons (Fsp3) is 0.652. The summed E-state index contributed by atoms with van der Waals surface area (Å²) in [5.41, 5.74) is 1.28. The van der Waals surface area contributed by atoms with Crippen LogP contribution in [0.5, 0.6) is 5.75 Å². The van der Waals surface area contributed by atoms with E-state index in [0.29, 0.717) is 5.92 Å². The maximum Gasteiger partial charge on any atom is 0.118 e. The number of allylic oxidation sites excluding steroid dienone is 1. The average Bonchev–Trinajstić information content (AvgIpc) is 2.68. The fourth-order valence-corrected chi connectivity index (χ4v) is 4.40. The second-order valence-electron chi connectivity index (χ2n) is 7.89. The third-order valence-corrected chi connectivity index (χ3v) is 6.04. The van der Waals surface area contributed by atoms with Crippen LogP contribution in [0.2, 0.25) is 0 Å². The lowest BCUT2D eigenvalue weighted by atomic mass is 9.79. The van der Waals surface area contributed by atoms with Crippen LogP contribution < -0.4 is 4.74 Å². The first-order valence-electron chi connectivity index (χ1n) is 10.2. The second kappa shape index (κ2) is 9.43. The Bertz CT molecular complexity index is 518. The lowest BCUT2D eigenvalue weighted by Crippen LogP contribution is -2.20. The van der Waals surface area contributed by atoms with Crippen LogP contribution in [-0.2, 0) is 4.74 Å². The molecule has 3 rings (SSSR count). The van der Waals surface area contributed by atoms with Crippen molar-refractivity contribution in [3.05, 3.63) is 42.0 Å². The van der Waals surface area contributed by atoms with Crippen molar-refractivity contribution in [3.8, 4) is 5.75 Å². The lowest BCUT2D eigenvalue weighted by molar-refractivity contribution is -0.00538. The van der Waals surface area contributed by atoms with E-state index in [-0.39, 0.29) is 6.10 Å². The molecule has 1 saturated carbocycles. The highest BCUT2D eigenvalue weighted by atomic mass is 16.5. The van der Waals surface area contributed by atoms with E-state index in [0.717, 1.165) is 30.6 Å². The molecule has 1 heterocycles. The Balaban J connectivity index is 1.41. The third kappa shape index (κ3) is 5.34. The number of hydrogen-bond acceptors (Lipinski definition) is 2. The van der Waals surface area contributed by atoms with Crippen molar-refractivity contribution >= 4 is 0 Å². The SMILES string of the molecule is CCCC1CCC(C=CC2CCC(c3ccc(OC)cc3)OC2)CC1. The van der Waals surface area contributed by atoms with Gasteiger partial charge in [0.15, 0.2) is 0 Å². The molecule has 2 aliphatic rings. The summed E-state index contributed by atoms with van der Waals surface area (Å²) in [5.74, 6) is 3.32. The normalized spacial score (nSPS) is 30.5. The van der Waals surface area contributed by atoms with Gasteiger partial charge in [0.25, 0.3) is 0 Å². The predicted octanol–water partition coefficient (Wildman–Crippen LogP) is 6.33. The topological polar surface area (TPSA) is 18.5 Å². The Morgan fingerprint density at radius 3 is 2.24 bits per heavy atom. The van der Waals surface area contributed by atoms with Gasteiger partial charge in [-0.15, -0.1) is 0 Å². The molecule has 2 nitrogen and oxygen atoms in total. The first-order valence-corrected chi connectivity index (χ1v) is 10.2. The van der Waals surface area contributed by atoms with E-state index in [1.54, 1.807) is 7.11 Å². The zero-order chi connectivity index (χ0) is 17.5. The summed E-state index contributed by atoms with van der Waals surface area (Å²) < 4.78 is 11.4. The van der Waals surface area contributed by atoms with Crippen LogP contribution >= 0.6 is 0 Å². The number of methoxy groups -OCH3 is 1. The smallest absolute Gasteiger partial charge is 0.118 e. The predicted molar refractivity (Wildman–Crippen MR) is 104 cm³/mol. The molecule has 0 N–H and O–H groups in total. The van der Waals surface area contributed by atoms with Crippen molar-refractivity contribution in [1.82, 2.24) is 0 Å². The van der Waals surface area contributed by atoms with Crippen molar-refractivity contribution in [3.63, 3.8) is 0 Å². The van der Waals surface area contributed by atoms with Crippen molar-refractivity contribution in [2.45, 2.75) is 64.4 Å². The molecular formula is C23H34O2. The molecule has 138 valence electrons. The monoisotopic (exact) mass is 342 g/mol. The molecular weight excluding hydrogens is 308 g/mol. The van der Waals surface area contributed by atoms with Crippen LogP contribution in [0.1, 0.15) is 70.0 Å². The van der Waals surface area contributed by atoms with Gasteiger partial charge in [-0.1, -0.05) is 44.1 Å². The minimum Gasteiger partial charge on any atom is -0.497 e. The van der Waals surface area contributed by atoms with E-state index < -0.39 is 0 Å². The van der Waals surface area contributed by atoms with Crippen LogP contribution in [0.15, 0.2) is 36.4 Å². The van der Waals surface area contributed by atoms with Crippen molar-refractivity contribution in [2.75, 3.05) is 13.7 Å². The van der Waals surface area contributed by atoms with Crippen LogP contribution in [0.3, 0.4) is 0 Å². The van der Waals surface area contributed by atoms with Gasteiger partial charge in [0.2, 0.25) is 0 Å². The van der Waals surface area contributed by atoms with Gasteiger partial charge in [-0.2, -0.15) is 0 Å². The van der Waals surface area contributed by atoms with E-state index in [1.165, 1.54) is 50.5 Å². The fourth-order valence-electron chi connectivity index (χ4n) is 4.40. The molecule has 1 aliphatic carbocycles. The molecule has 25 heavy (non-hydrogen) atoms. The Morgan fingerprint density at radius 1 is 0.960 bits per heavy atom.